The van der Waals surface area contributed by atoms with Gasteiger partial charge in [0.1, 0.15) is 5.76 Å². The molecule has 1 aromatic heterocycles. The lowest BCUT2D eigenvalue weighted by molar-refractivity contribution is 0.0663. The molecule has 0 radical (unpaired) electrons. The third-order valence-electron chi connectivity index (χ3n) is 4.56. The Morgan fingerprint density at radius 3 is 2.29 bits per heavy atom. The van der Waals surface area contributed by atoms with Gasteiger partial charge in [-0.2, -0.15) is 0 Å². The summed E-state index contributed by atoms with van der Waals surface area (Å²) < 4.78 is 5.31. The molecule has 0 aliphatic rings. The number of hydrogen-bond acceptors (Lipinski definition) is 4. The van der Waals surface area contributed by atoms with Gasteiger partial charge in [0.2, 0.25) is 5.76 Å². The molecule has 0 aliphatic heterocycles. The number of thiocarbonyl (C=S) groups is 1. The van der Waals surface area contributed by atoms with Crippen LogP contribution in [0.4, 0.5) is 5.69 Å². The first-order valence-electron chi connectivity index (χ1n) is 9.40. The van der Waals surface area contributed by atoms with Crippen LogP contribution in [0.25, 0.3) is 11.3 Å². The molecule has 3 N–H and O–H groups in total. The number of carbonyl (C=O) groups is 2. The number of anilines is 1. The van der Waals surface area contributed by atoms with Crippen molar-refractivity contribution in [1.82, 2.24) is 5.32 Å². The van der Waals surface area contributed by atoms with Gasteiger partial charge in [0.05, 0.1) is 10.7 Å². The van der Waals surface area contributed by atoms with Crippen molar-refractivity contribution in [2.75, 3.05) is 5.32 Å². The molecule has 0 fully saturated rings. The molecule has 31 heavy (non-hydrogen) atoms. The fraction of sp³-hybridized carbons (Fsp3) is 0.174. The van der Waals surface area contributed by atoms with E-state index >= 15 is 0 Å². The zero-order valence-electron chi connectivity index (χ0n) is 17.2. The third-order valence-corrected chi connectivity index (χ3v) is 5.09. The van der Waals surface area contributed by atoms with Crippen molar-refractivity contribution in [2.24, 2.45) is 0 Å². The van der Waals surface area contributed by atoms with Crippen LogP contribution in [0.15, 0.2) is 59.0 Å². The summed E-state index contributed by atoms with van der Waals surface area (Å²) in [6, 6.07) is 15.2. The number of nitrogens with one attached hydrogen (secondary N) is 2. The van der Waals surface area contributed by atoms with Crippen molar-refractivity contribution in [2.45, 2.75) is 26.2 Å². The zero-order chi connectivity index (χ0) is 22.8. The highest BCUT2D eigenvalue weighted by molar-refractivity contribution is 7.80. The molecule has 1 amide bonds. The van der Waals surface area contributed by atoms with Crippen molar-refractivity contribution in [3.8, 4) is 11.3 Å². The molecular weight excluding hydrogens is 436 g/mol. The van der Waals surface area contributed by atoms with Crippen LogP contribution in [-0.4, -0.2) is 22.1 Å². The average Bonchev–Trinajstić information content (AvgIpc) is 3.19. The number of rotatable bonds is 4. The lowest BCUT2D eigenvalue weighted by Gasteiger charge is -2.19. The van der Waals surface area contributed by atoms with Gasteiger partial charge in [-0.1, -0.05) is 44.5 Å². The van der Waals surface area contributed by atoms with E-state index in [0.717, 1.165) is 5.56 Å². The molecule has 0 unspecified atom stereocenters. The lowest BCUT2D eigenvalue weighted by Crippen LogP contribution is -2.34. The van der Waals surface area contributed by atoms with Crippen LogP contribution in [0.5, 0.6) is 0 Å². The van der Waals surface area contributed by atoms with Crippen molar-refractivity contribution in [1.29, 1.82) is 0 Å². The predicted molar refractivity (Wildman–Crippen MR) is 125 cm³/mol. The highest BCUT2D eigenvalue weighted by Gasteiger charge is 2.16. The summed E-state index contributed by atoms with van der Waals surface area (Å²) in [7, 11) is 0. The second-order valence-corrected chi connectivity index (χ2v) is 8.71. The smallest absolute Gasteiger partial charge is 0.371 e. The van der Waals surface area contributed by atoms with Crippen LogP contribution in [0.2, 0.25) is 5.02 Å². The van der Waals surface area contributed by atoms with Crippen LogP contribution < -0.4 is 10.6 Å². The number of aromatic carboxylic acids is 1. The minimum atomic E-state index is -1.15. The quantitative estimate of drug-likeness (QED) is 0.435. The Labute approximate surface area is 190 Å². The fourth-order valence-corrected chi connectivity index (χ4v) is 3.20. The Hall–Kier alpha value is -3.16. The van der Waals surface area contributed by atoms with E-state index < -0.39 is 5.97 Å². The maximum Gasteiger partial charge on any atom is 0.371 e. The van der Waals surface area contributed by atoms with E-state index in [2.05, 4.69) is 31.4 Å². The Kier molecular flexibility index (Phi) is 6.48. The number of carboxylic acids is 1. The van der Waals surface area contributed by atoms with E-state index in [1.54, 1.807) is 36.4 Å². The zero-order valence-corrected chi connectivity index (χ0v) is 18.7. The van der Waals surface area contributed by atoms with E-state index in [-0.39, 0.29) is 22.2 Å². The van der Waals surface area contributed by atoms with Crippen LogP contribution in [0.3, 0.4) is 0 Å². The minimum Gasteiger partial charge on any atom is -0.475 e. The summed E-state index contributed by atoms with van der Waals surface area (Å²) in [6.07, 6.45) is 0. The van der Waals surface area contributed by atoms with Gasteiger partial charge in [-0.3, -0.25) is 10.1 Å². The predicted octanol–water partition coefficient (Wildman–Crippen LogP) is 5.72. The summed E-state index contributed by atoms with van der Waals surface area (Å²) >= 11 is 11.5. The van der Waals surface area contributed by atoms with Crippen LogP contribution in [0.1, 0.15) is 47.2 Å². The van der Waals surface area contributed by atoms with E-state index in [4.69, 9.17) is 33.3 Å². The van der Waals surface area contributed by atoms with Gasteiger partial charge in [-0.25, -0.2) is 4.79 Å². The Balaban J connectivity index is 1.71. The first-order chi connectivity index (χ1) is 14.5. The minimum absolute atomic E-state index is 0.00709. The molecule has 2 aromatic carbocycles. The summed E-state index contributed by atoms with van der Waals surface area (Å²) in [5.41, 5.74) is 2.64. The monoisotopic (exact) mass is 456 g/mol. The second kappa shape index (κ2) is 8.91. The van der Waals surface area contributed by atoms with Gasteiger partial charge in [-0.15, -0.1) is 0 Å². The van der Waals surface area contributed by atoms with E-state index in [0.29, 0.717) is 27.6 Å². The number of hydrogen-bond donors (Lipinski definition) is 3. The van der Waals surface area contributed by atoms with E-state index in [1.165, 1.54) is 6.07 Å². The molecule has 1 heterocycles. The van der Waals surface area contributed by atoms with Gasteiger partial charge < -0.3 is 14.8 Å². The first kappa shape index (κ1) is 22.5. The molecule has 8 heteroatoms. The van der Waals surface area contributed by atoms with Gasteiger partial charge in [0.25, 0.3) is 5.91 Å². The maximum atomic E-state index is 12.5. The fourth-order valence-electron chi connectivity index (χ4n) is 2.83. The largest absolute Gasteiger partial charge is 0.475 e. The Morgan fingerprint density at radius 2 is 1.71 bits per heavy atom. The van der Waals surface area contributed by atoms with Crippen molar-refractivity contribution in [3.05, 3.63) is 76.5 Å². The van der Waals surface area contributed by atoms with E-state index in [9.17, 15) is 9.59 Å². The Morgan fingerprint density at radius 1 is 1.03 bits per heavy atom. The number of carbonyl (C=O) groups excluding carboxylic acids is 1. The molecule has 0 bridgehead atoms. The van der Waals surface area contributed by atoms with Crippen molar-refractivity contribution >= 4 is 46.5 Å². The average molecular weight is 457 g/mol. The number of furan rings is 1. The molecular formula is C23H21ClN2O4S. The number of halogens is 1. The molecule has 3 rings (SSSR count). The topological polar surface area (TPSA) is 91.6 Å². The van der Waals surface area contributed by atoms with Crippen LogP contribution >= 0.6 is 23.8 Å². The number of benzene rings is 2. The lowest BCUT2D eigenvalue weighted by atomic mass is 9.87. The summed E-state index contributed by atoms with van der Waals surface area (Å²) in [4.78, 5) is 23.5. The second-order valence-electron chi connectivity index (χ2n) is 7.90. The van der Waals surface area contributed by atoms with Gasteiger partial charge >= 0.3 is 5.97 Å². The summed E-state index contributed by atoms with van der Waals surface area (Å²) in [5, 5.41) is 15.0. The molecule has 6 nitrogen and oxygen atoms in total. The molecule has 0 saturated carbocycles. The van der Waals surface area contributed by atoms with Crippen molar-refractivity contribution in [3.63, 3.8) is 0 Å². The highest BCUT2D eigenvalue weighted by Crippen LogP contribution is 2.30. The first-order valence-corrected chi connectivity index (χ1v) is 10.2. The van der Waals surface area contributed by atoms with Crippen LogP contribution in [-0.2, 0) is 5.41 Å². The summed E-state index contributed by atoms with van der Waals surface area (Å²) in [6.45, 7) is 6.30. The Bertz CT molecular complexity index is 1150. The standard InChI is InChI=1S/C23H21ClN2O4S/c1-23(2,3)15-7-4-13(5-8-15)20(27)26-22(31)25-17-12-14(6-9-16(17)24)18-10-11-19(30-18)21(28)29/h4-12H,1-3H3,(H,28,29)(H2,25,26,27,31). The number of carboxylic acid groups (broad SMARTS) is 1. The normalized spacial score (nSPS) is 11.1. The van der Waals surface area contributed by atoms with Crippen LogP contribution in [0, 0.1) is 0 Å². The molecule has 0 aliphatic carbocycles. The molecule has 3 aromatic rings. The van der Waals surface area contributed by atoms with E-state index in [1.807, 2.05) is 12.1 Å². The highest BCUT2D eigenvalue weighted by atomic mass is 35.5. The summed E-state index contributed by atoms with van der Waals surface area (Å²) in [5.74, 6) is -1.30. The van der Waals surface area contributed by atoms with Crippen molar-refractivity contribution < 1.29 is 19.1 Å². The molecule has 0 spiro atoms. The SMILES string of the molecule is CC(C)(C)c1ccc(C(=O)NC(=S)Nc2cc(-c3ccc(C(=O)O)o3)ccc2Cl)cc1. The number of amides is 1. The molecule has 160 valence electrons. The van der Waals surface area contributed by atoms with Gasteiger partial charge in [0.15, 0.2) is 5.11 Å². The van der Waals surface area contributed by atoms with Gasteiger partial charge in [-0.05, 0) is 65.7 Å². The van der Waals surface area contributed by atoms with Gasteiger partial charge in [0, 0.05) is 11.1 Å². The third kappa shape index (κ3) is 5.51. The maximum absolute atomic E-state index is 12.5. The molecule has 0 atom stereocenters. The molecule has 0 saturated heterocycles.